The first-order valence-electron chi connectivity index (χ1n) is 6.72. The molecule has 0 bridgehead atoms. The van der Waals surface area contributed by atoms with Crippen LogP contribution >= 0.6 is 23.1 Å². The topological polar surface area (TPSA) is 46.3 Å². The molecule has 0 N–H and O–H groups in total. The number of rotatable bonds is 5. The van der Waals surface area contributed by atoms with Crippen LogP contribution in [0.3, 0.4) is 0 Å². The number of aromatic nitrogens is 1. The second-order valence-corrected chi connectivity index (χ2v) is 7.24. The van der Waals surface area contributed by atoms with Gasteiger partial charge in [-0.2, -0.15) is 11.8 Å². The number of thiazole rings is 1. The van der Waals surface area contributed by atoms with Crippen molar-refractivity contribution < 1.29 is 9.21 Å². The van der Waals surface area contributed by atoms with Crippen molar-refractivity contribution in [3.63, 3.8) is 0 Å². The van der Waals surface area contributed by atoms with Crippen LogP contribution in [0.5, 0.6) is 0 Å². The summed E-state index contributed by atoms with van der Waals surface area (Å²) in [6.45, 7) is 6.01. The third kappa shape index (κ3) is 3.49. The molecule has 0 aliphatic heterocycles. The fourth-order valence-corrected chi connectivity index (χ4v) is 3.53. The summed E-state index contributed by atoms with van der Waals surface area (Å²) in [4.78, 5) is 19.9. The van der Waals surface area contributed by atoms with Crippen molar-refractivity contribution in [2.75, 3.05) is 13.3 Å². The quantitative estimate of drug-likeness (QED) is 0.832. The first kappa shape index (κ1) is 16.1. The Bertz CT molecular complexity index is 633. The second-order valence-electron chi connectivity index (χ2n) is 4.97. The summed E-state index contributed by atoms with van der Waals surface area (Å²) in [6.07, 6.45) is 2.01. The lowest BCUT2D eigenvalue weighted by atomic mass is 10.2. The van der Waals surface area contributed by atoms with Crippen LogP contribution in [0.4, 0.5) is 0 Å². The highest BCUT2D eigenvalue weighted by Gasteiger charge is 2.24. The molecule has 2 aromatic rings. The monoisotopic (exact) mass is 324 g/mol. The van der Waals surface area contributed by atoms with E-state index in [1.165, 1.54) is 0 Å². The summed E-state index contributed by atoms with van der Waals surface area (Å²) in [5.41, 5.74) is 0.962. The van der Waals surface area contributed by atoms with Gasteiger partial charge >= 0.3 is 0 Å². The van der Waals surface area contributed by atoms with E-state index in [0.717, 1.165) is 27.1 Å². The fraction of sp³-hybridized carbons (Fsp3) is 0.467. The van der Waals surface area contributed by atoms with Gasteiger partial charge in [0.25, 0.3) is 5.91 Å². The standard InChI is InChI=1S/C15H20N2O2S2/c1-9(14-10(2)21-11(3)16-14)17(4)15(18)13-7-6-12(19-13)8-20-5/h6-7,9H,8H2,1-5H3. The molecule has 6 heteroatoms. The highest BCUT2D eigenvalue weighted by atomic mass is 32.2. The molecule has 2 heterocycles. The van der Waals surface area contributed by atoms with Crippen LogP contribution in [0.25, 0.3) is 0 Å². The van der Waals surface area contributed by atoms with Gasteiger partial charge in [-0.3, -0.25) is 4.79 Å². The Morgan fingerprint density at radius 1 is 1.48 bits per heavy atom. The van der Waals surface area contributed by atoms with Crippen LogP contribution < -0.4 is 0 Å². The molecule has 1 amide bonds. The molecular formula is C15H20N2O2S2. The average Bonchev–Trinajstić information content (AvgIpc) is 3.03. The first-order chi connectivity index (χ1) is 9.93. The summed E-state index contributed by atoms with van der Waals surface area (Å²) < 4.78 is 5.60. The Morgan fingerprint density at radius 3 is 2.76 bits per heavy atom. The molecule has 0 fully saturated rings. The Hall–Kier alpha value is -1.27. The van der Waals surface area contributed by atoms with Gasteiger partial charge in [-0.25, -0.2) is 4.98 Å². The van der Waals surface area contributed by atoms with E-state index in [-0.39, 0.29) is 11.9 Å². The molecule has 0 radical (unpaired) electrons. The number of carbonyl (C=O) groups is 1. The van der Waals surface area contributed by atoms with Crippen molar-refractivity contribution in [1.29, 1.82) is 0 Å². The van der Waals surface area contributed by atoms with Gasteiger partial charge in [0.05, 0.1) is 22.5 Å². The molecule has 114 valence electrons. The lowest BCUT2D eigenvalue weighted by Gasteiger charge is -2.23. The van der Waals surface area contributed by atoms with Gasteiger partial charge in [-0.15, -0.1) is 11.3 Å². The van der Waals surface area contributed by atoms with E-state index in [2.05, 4.69) is 4.98 Å². The van der Waals surface area contributed by atoms with Gasteiger partial charge in [0.1, 0.15) is 5.76 Å². The van der Waals surface area contributed by atoms with Crippen LogP contribution in [-0.4, -0.2) is 29.1 Å². The Balaban J connectivity index is 2.16. The maximum absolute atomic E-state index is 12.5. The van der Waals surface area contributed by atoms with Gasteiger partial charge in [-0.1, -0.05) is 0 Å². The lowest BCUT2D eigenvalue weighted by molar-refractivity contribution is 0.0706. The Morgan fingerprint density at radius 2 is 2.19 bits per heavy atom. The number of hydrogen-bond donors (Lipinski definition) is 0. The summed E-state index contributed by atoms with van der Waals surface area (Å²) >= 11 is 3.33. The molecule has 0 saturated carbocycles. The molecule has 4 nitrogen and oxygen atoms in total. The smallest absolute Gasteiger partial charge is 0.289 e. The van der Waals surface area contributed by atoms with E-state index in [9.17, 15) is 4.79 Å². The molecule has 1 unspecified atom stereocenters. The van der Waals surface area contributed by atoms with Gasteiger partial charge in [0.2, 0.25) is 0 Å². The van der Waals surface area contributed by atoms with E-state index in [0.29, 0.717) is 5.76 Å². The van der Waals surface area contributed by atoms with Crippen LogP contribution in [0.15, 0.2) is 16.5 Å². The SMILES string of the molecule is CSCc1ccc(C(=O)N(C)C(C)c2nc(C)sc2C)o1. The maximum atomic E-state index is 12.5. The number of thioether (sulfide) groups is 1. The highest BCUT2D eigenvalue weighted by molar-refractivity contribution is 7.97. The van der Waals surface area contributed by atoms with Crippen molar-refractivity contribution in [2.24, 2.45) is 0 Å². The van der Waals surface area contributed by atoms with Crippen LogP contribution in [0.2, 0.25) is 0 Å². The van der Waals surface area contributed by atoms with Crippen LogP contribution in [-0.2, 0) is 5.75 Å². The molecule has 0 saturated heterocycles. The van der Waals surface area contributed by atoms with Gasteiger partial charge in [0, 0.05) is 11.9 Å². The van der Waals surface area contributed by atoms with E-state index >= 15 is 0 Å². The fourth-order valence-electron chi connectivity index (χ4n) is 2.18. The molecule has 1 atom stereocenters. The largest absolute Gasteiger partial charge is 0.455 e. The first-order valence-corrected chi connectivity index (χ1v) is 8.93. The van der Waals surface area contributed by atoms with Crippen molar-refractivity contribution in [3.8, 4) is 0 Å². The van der Waals surface area contributed by atoms with Crippen molar-refractivity contribution >= 4 is 29.0 Å². The molecule has 0 aliphatic carbocycles. The third-order valence-corrected chi connectivity index (χ3v) is 4.87. The average molecular weight is 324 g/mol. The number of carbonyl (C=O) groups excluding carboxylic acids is 1. The number of furan rings is 1. The highest BCUT2D eigenvalue weighted by Crippen LogP contribution is 2.27. The van der Waals surface area contributed by atoms with E-state index < -0.39 is 0 Å². The Kier molecular flexibility index (Phi) is 5.11. The number of aryl methyl sites for hydroxylation is 2. The number of nitrogens with zero attached hydrogens (tertiary/aromatic N) is 2. The predicted molar refractivity (Wildman–Crippen MR) is 88.0 cm³/mol. The minimum Gasteiger partial charge on any atom is -0.455 e. The van der Waals surface area contributed by atoms with Gasteiger partial charge in [-0.05, 0) is 39.2 Å². The molecule has 21 heavy (non-hydrogen) atoms. The predicted octanol–water partition coefficient (Wildman–Crippen LogP) is 4.05. The van der Waals surface area contributed by atoms with Crippen molar-refractivity contribution in [1.82, 2.24) is 9.88 Å². The molecule has 2 aromatic heterocycles. The molecule has 2 rings (SSSR count). The molecule has 0 aliphatic rings. The summed E-state index contributed by atoms with van der Waals surface area (Å²) in [5, 5.41) is 1.02. The van der Waals surface area contributed by atoms with E-state index in [1.54, 1.807) is 41.1 Å². The maximum Gasteiger partial charge on any atom is 0.289 e. The molecular weight excluding hydrogens is 304 g/mol. The minimum absolute atomic E-state index is 0.0726. The van der Waals surface area contributed by atoms with Crippen LogP contribution in [0, 0.1) is 13.8 Å². The summed E-state index contributed by atoms with van der Waals surface area (Å²) in [5.74, 6) is 1.88. The zero-order chi connectivity index (χ0) is 15.6. The zero-order valence-electron chi connectivity index (χ0n) is 13.0. The van der Waals surface area contributed by atoms with Gasteiger partial charge in [0.15, 0.2) is 5.76 Å². The van der Waals surface area contributed by atoms with E-state index in [4.69, 9.17) is 4.42 Å². The molecule has 0 aromatic carbocycles. The second kappa shape index (κ2) is 6.66. The van der Waals surface area contributed by atoms with Crippen molar-refractivity contribution in [3.05, 3.63) is 39.2 Å². The summed E-state index contributed by atoms with van der Waals surface area (Å²) in [7, 11) is 1.79. The zero-order valence-corrected chi connectivity index (χ0v) is 14.6. The summed E-state index contributed by atoms with van der Waals surface area (Å²) in [6, 6.07) is 3.54. The third-order valence-electron chi connectivity index (χ3n) is 3.40. The lowest BCUT2D eigenvalue weighted by Crippen LogP contribution is -2.29. The Labute approximate surface area is 133 Å². The van der Waals surface area contributed by atoms with E-state index in [1.807, 2.05) is 33.1 Å². The minimum atomic E-state index is -0.111. The number of amides is 1. The van der Waals surface area contributed by atoms with Crippen LogP contribution in [0.1, 0.15) is 44.9 Å². The van der Waals surface area contributed by atoms with Crippen molar-refractivity contribution in [2.45, 2.75) is 32.6 Å². The normalized spacial score (nSPS) is 12.4. The van der Waals surface area contributed by atoms with Gasteiger partial charge < -0.3 is 9.32 Å². The molecule has 0 spiro atoms. The number of hydrogen-bond acceptors (Lipinski definition) is 5.